The number of piperidine rings is 1. The van der Waals surface area contributed by atoms with Crippen LogP contribution in [0.4, 0.5) is 10.6 Å². The molecule has 1 fully saturated rings. The lowest BCUT2D eigenvalue weighted by atomic mass is 10.00. The van der Waals surface area contributed by atoms with Crippen LogP contribution in [0.15, 0.2) is 42.6 Å². The van der Waals surface area contributed by atoms with Gasteiger partial charge in [-0.2, -0.15) is 0 Å². The van der Waals surface area contributed by atoms with Crippen molar-refractivity contribution < 1.29 is 4.79 Å². The minimum absolute atomic E-state index is 0.0401. The van der Waals surface area contributed by atoms with Gasteiger partial charge >= 0.3 is 6.03 Å². The highest BCUT2D eigenvalue weighted by Gasteiger charge is 2.21. The fourth-order valence-corrected chi connectivity index (χ4v) is 4.06. The molecule has 2 aliphatic rings. The number of carbonyl (C=O) groups is 1. The van der Waals surface area contributed by atoms with Gasteiger partial charge in [0.25, 0.3) is 0 Å². The first-order chi connectivity index (χ1) is 13.2. The number of pyridine rings is 1. The molecule has 0 bridgehead atoms. The maximum absolute atomic E-state index is 12.3. The largest absolute Gasteiger partial charge is 0.352 e. The van der Waals surface area contributed by atoms with Gasteiger partial charge in [0, 0.05) is 38.9 Å². The van der Waals surface area contributed by atoms with Gasteiger partial charge in [-0.1, -0.05) is 37.3 Å². The number of aromatic nitrogens is 1. The van der Waals surface area contributed by atoms with Crippen LogP contribution in [0.5, 0.6) is 0 Å². The van der Waals surface area contributed by atoms with Crippen LogP contribution in [0.2, 0.25) is 0 Å². The lowest BCUT2D eigenvalue weighted by Gasteiger charge is -2.31. The molecule has 1 unspecified atom stereocenters. The van der Waals surface area contributed by atoms with Gasteiger partial charge in [-0.15, -0.1) is 0 Å². The Morgan fingerprint density at radius 3 is 2.81 bits per heavy atom. The van der Waals surface area contributed by atoms with Crippen molar-refractivity contribution in [3.63, 3.8) is 0 Å². The van der Waals surface area contributed by atoms with Gasteiger partial charge in [0.1, 0.15) is 5.82 Å². The molecule has 2 aliphatic heterocycles. The summed E-state index contributed by atoms with van der Waals surface area (Å²) in [6.07, 6.45) is 5.26. The molecule has 0 radical (unpaired) electrons. The quantitative estimate of drug-likeness (QED) is 0.905. The summed E-state index contributed by atoms with van der Waals surface area (Å²) in [7, 11) is 0. The van der Waals surface area contributed by atoms with Crippen molar-refractivity contribution in [2.24, 2.45) is 5.92 Å². The molecule has 0 saturated carbocycles. The molecule has 0 aliphatic carbocycles. The number of amides is 2. The minimum atomic E-state index is 0.0401. The van der Waals surface area contributed by atoms with Crippen LogP contribution >= 0.6 is 0 Å². The SMILES string of the molecule is CC1CCCN(C(=O)NCc2ccc(N3CCc4ccccc4C3)nc2)C1. The zero-order chi connectivity index (χ0) is 18.6. The molecule has 2 amide bonds. The molecule has 142 valence electrons. The van der Waals surface area contributed by atoms with E-state index >= 15 is 0 Å². The number of rotatable bonds is 3. The number of carbonyl (C=O) groups excluding carboxylic acids is 1. The molecular formula is C22H28N4O. The summed E-state index contributed by atoms with van der Waals surface area (Å²) in [5, 5.41) is 3.03. The van der Waals surface area contributed by atoms with Gasteiger partial charge in [-0.05, 0) is 47.9 Å². The molecule has 2 aromatic rings. The molecule has 1 atom stereocenters. The molecular weight excluding hydrogens is 336 g/mol. The van der Waals surface area contributed by atoms with Gasteiger partial charge < -0.3 is 15.1 Å². The van der Waals surface area contributed by atoms with Crippen molar-refractivity contribution in [1.82, 2.24) is 15.2 Å². The van der Waals surface area contributed by atoms with Gasteiger partial charge in [0.2, 0.25) is 0 Å². The third-order valence-corrected chi connectivity index (χ3v) is 5.65. The number of likely N-dealkylation sites (tertiary alicyclic amines) is 1. The normalized spacial score (nSPS) is 19.5. The molecule has 5 heteroatoms. The van der Waals surface area contributed by atoms with Crippen molar-refractivity contribution in [1.29, 1.82) is 0 Å². The summed E-state index contributed by atoms with van der Waals surface area (Å²) < 4.78 is 0. The van der Waals surface area contributed by atoms with Crippen LogP contribution < -0.4 is 10.2 Å². The fourth-order valence-electron chi connectivity index (χ4n) is 4.06. The number of urea groups is 1. The zero-order valence-corrected chi connectivity index (χ0v) is 16.0. The molecule has 0 spiro atoms. The molecule has 5 nitrogen and oxygen atoms in total. The number of nitrogens with one attached hydrogen (secondary N) is 1. The first kappa shape index (κ1) is 17.8. The Hall–Kier alpha value is -2.56. The highest BCUT2D eigenvalue weighted by Crippen LogP contribution is 2.23. The summed E-state index contributed by atoms with van der Waals surface area (Å²) in [5.41, 5.74) is 3.87. The van der Waals surface area contributed by atoms with Crippen LogP contribution in [-0.2, 0) is 19.5 Å². The minimum Gasteiger partial charge on any atom is -0.352 e. The Morgan fingerprint density at radius 2 is 2.04 bits per heavy atom. The van der Waals surface area contributed by atoms with Crippen molar-refractivity contribution in [2.75, 3.05) is 24.5 Å². The van der Waals surface area contributed by atoms with E-state index in [0.29, 0.717) is 12.5 Å². The van der Waals surface area contributed by atoms with Crippen LogP contribution in [0.25, 0.3) is 0 Å². The second-order valence-electron chi connectivity index (χ2n) is 7.82. The van der Waals surface area contributed by atoms with Crippen molar-refractivity contribution in [3.05, 3.63) is 59.3 Å². The predicted octanol–water partition coefficient (Wildman–Crippen LogP) is 3.59. The Balaban J connectivity index is 1.32. The molecule has 3 heterocycles. The first-order valence-corrected chi connectivity index (χ1v) is 9.98. The van der Waals surface area contributed by atoms with Crippen molar-refractivity contribution in [2.45, 2.75) is 39.3 Å². The zero-order valence-electron chi connectivity index (χ0n) is 16.0. The van der Waals surface area contributed by atoms with Crippen LogP contribution in [-0.4, -0.2) is 35.5 Å². The van der Waals surface area contributed by atoms with Gasteiger partial charge in [0.05, 0.1) is 0 Å². The molecule has 1 saturated heterocycles. The maximum Gasteiger partial charge on any atom is 0.317 e. The lowest BCUT2D eigenvalue weighted by Crippen LogP contribution is -2.44. The van der Waals surface area contributed by atoms with Crippen LogP contribution in [0, 0.1) is 5.92 Å². The Bertz CT molecular complexity index is 789. The Morgan fingerprint density at radius 1 is 1.19 bits per heavy atom. The van der Waals surface area contributed by atoms with Crippen LogP contribution in [0.3, 0.4) is 0 Å². The van der Waals surface area contributed by atoms with Gasteiger partial charge in [-0.3, -0.25) is 0 Å². The van der Waals surface area contributed by atoms with Gasteiger partial charge in [-0.25, -0.2) is 9.78 Å². The van der Waals surface area contributed by atoms with Crippen molar-refractivity contribution >= 4 is 11.8 Å². The van der Waals surface area contributed by atoms with E-state index in [9.17, 15) is 4.79 Å². The van der Waals surface area contributed by atoms with Crippen LogP contribution in [0.1, 0.15) is 36.5 Å². The number of nitrogens with zero attached hydrogens (tertiary/aromatic N) is 3. The maximum atomic E-state index is 12.3. The predicted molar refractivity (Wildman–Crippen MR) is 108 cm³/mol. The fraction of sp³-hybridized carbons (Fsp3) is 0.455. The number of hydrogen-bond acceptors (Lipinski definition) is 3. The van der Waals surface area contributed by atoms with E-state index in [-0.39, 0.29) is 6.03 Å². The number of benzene rings is 1. The Labute approximate surface area is 161 Å². The van der Waals surface area contributed by atoms with Gasteiger partial charge in [0.15, 0.2) is 0 Å². The van der Waals surface area contributed by atoms with E-state index in [1.165, 1.54) is 17.5 Å². The second kappa shape index (κ2) is 7.99. The molecule has 1 aromatic heterocycles. The third kappa shape index (κ3) is 4.24. The first-order valence-electron chi connectivity index (χ1n) is 9.98. The number of hydrogen-bond donors (Lipinski definition) is 1. The van der Waals surface area contributed by atoms with E-state index < -0.39 is 0 Å². The highest BCUT2D eigenvalue weighted by atomic mass is 16.2. The second-order valence-corrected chi connectivity index (χ2v) is 7.82. The average Bonchev–Trinajstić information content (AvgIpc) is 2.72. The lowest BCUT2D eigenvalue weighted by molar-refractivity contribution is 0.169. The highest BCUT2D eigenvalue weighted by molar-refractivity contribution is 5.74. The Kier molecular flexibility index (Phi) is 5.28. The molecule has 27 heavy (non-hydrogen) atoms. The number of fused-ring (bicyclic) bond motifs is 1. The topological polar surface area (TPSA) is 48.5 Å². The molecule has 1 N–H and O–H groups in total. The number of anilines is 1. The summed E-state index contributed by atoms with van der Waals surface area (Å²) in [6.45, 7) is 6.36. The van der Waals surface area contributed by atoms with E-state index in [4.69, 9.17) is 0 Å². The molecule has 1 aromatic carbocycles. The van der Waals surface area contributed by atoms with E-state index in [2.05, 4.69) is 58.5 Å². The van der Waals surface area contributed by atoms with E-state index in [1.807, 2.05) is 11.1 Å². The smallest absolute Gasteiger partial charge is 0.317 e. The summed E-state index contributed by atoms with van der Waals surface area (Å²) >= 11 is 0. The standard InChI is InChI=1S/C22H28N4O/c1-17-5-4-11-26(15-17)22(27)24-14-18-8-9-21(23-13-18)25-12-10-19-6-2-3-7-20(19)16-25/h2-3,6-9,13,17H,4-5,10-12,14-16H2,1H3,(H,24,27). The average molecular weight is 364 g/mol. The molecule has 4 rings (SSSR count). The van der Waals surface area contributed by atoms with E-state index in [0.717, 1.165) is 50.4 Å². The third-order valence-electron chi connectivity index (χ3n) is 5.65. The van der Waals surface area contributed by atoms with E-state index in [1.54, 1.807) is 0 Å². The monoisotopic (exact) mass is 364 g/mol. The van der Waals surface area contributed by atoms with Crippen molar-refractivity contribution in [3.8, 4) is 0 Å². The summed E-state index contributed by atoms with van der Waals surface area (Å²) in [6, 6.07) is 12.8. The summed E-state index contributed by atoms with van der Waals surface area (Å²) in [4.78, 5) is 21.2. The summed E-state index contributed by atoms with van der Waals surface area (Å²) in [5.74, 6) is 1.60.